The summed E-state index contributed by atoms with van der Waals surface area (Å²) in [6.45, 7) is 2.02. The fourth-order valence-electron chi connectivity index (χ4n) is 1.34. The predicted molar refractivity (Wildman–Crippen MR) is 70.3 cm³/mol. The Morgan fingerprint density at radius 1 is 1.60 bits per heavy atom. The molecule has 0 amide bonds. The number of halogens is 1. The Labute approximate surface area is 104 Å². The van der Waals surface area contributed by atoms with E-state index in [0.29, 0.717) is 4.99 Å². The van der Waals surface area contributed by atoms with Gasteiger partial charge in [0.05, 0.1) is 12.1 Å². The van der Waals surface area contributed by atoms with E-state index in [1.807, 2.05) is 25.1 Å². The van der Waals surface area contributed by atoms with Crippen LogP contribution in [0.15, 0.2) is 22.7 Å². The first kappa shape index (κ1) is 12.5. The van der Waals surface area contributed by atoms with Crippen molar-refractivity contribution in [2.45, 2.75) is 13.3 Å². The lowest BCUT2D eigenvalue weighted by Crippen LogP contribution is -2.20. The van der Waals surface area contributed by atoms with E-state index < -0.39 is 0 Å². The van der Waals surface area contributed by atoms with E-state index in [1.54, 1.807) is 7.11 Å². The van der Waals surface area contributed by atoms with Crippen LogP contribution in [0.5, 0.6) is 5.75 Å². The van der Waals surface area contributed by atoms with Crippen LogP contribution in [0.4, 0.5) is 0 Å². The van der Waals surface area contributed by atoms with Gasteiger partial charge in [-0.25, -0.2) is 0 Å². The van der Waals surface area contributed by atoms with Gasteiger partial charge in [-0.3, -0.25) is 0 Å². The summed E-state index contributed by atoms with van der Waals surface area (Å²) in [7, 11) is 1.66. The maximum atomic E-state index is 5.59. The second kappa shape index (κ2) is 5.47. The second-order valence-corrected chi connectivity index (χ2v) is 4.85. The van der Waals surface area contributed by atoms with Gasteiger partial charge in [-0.15, -0.1) is 0 Å². The zero-order valence-electron chi connectivity index (χ0n) is 8.79. The largest absolute Gasteiger partial charge is 0.496 e. The van der Waals surface area contributed by atoms with Gasteiger partial charge in [-0.05, 0) is 30.2 Å². The van der Waals surface area contributed by atoms with Gasteiger partial charge in [0.15, 0.2) is 0 Å². The molecular weight excluding hydrogens is 274 g/mol. The first-order chi connectivity index (χ1) is 7.04. The molecule has 0 aromatic heterocycles. The van der Waals surface area contributed by atoms with Crippen LogP contribution >= 0.6 is 28.1 Å². The van der Waals surface area contributed by atoms with Crippen molar-refractivity contribution in [3.8, 4) is 5.75 Å². The second-order valence-electron chi connectivity index (χ2n) is 3.46. The Hall–Kier alpha value is -0.610. The molecule has 0 aliphatic rings. The van der Waals surface area contributed by atoms with Crippen molar-refractivity contribution < 1.29 is 4.74 Å². The van der Waals surface area contributed by atoms with Crippen LogP contribution in [0.25, 0.3) is 0 Å². The van der Waals surface area contributed by atoms with E-state index in [2.05, 4.69) is 15.9 Å². The predicted octanol–water partition coefficient (Wildman–Crippen LogP) is 2.92. The SMILES string of the molecule is COc1ccc(Br)cc1CC(C)C(N)=S. The molecule has 1 aromatic rings. The molecule has 0 spiro atoms. The fraction of sp³-hybridized carbons (Fsp3) is 0.364. The smallest absolute Gasteiger partial charge is 0.122 e. The zero-order valence-corrected chi connectivity index (χ0v) is 11.2. The van der Waals surface area contributed by atoms with Gasteiger partial charge in [0.2, 0.25) is 0 Å². The topological polar surface area (TPSA) is 35.2 Å². The summed E-state index contributed by atoms with van der Waals surface area (Å²) in [5, 5.41) is 0. The maximum absolute atomic E-state index is 5.59. The normalized spacial score (nSPS) is 12.2. The number of nitrogens with two attached hydrogens (primary N) is 1. The van der Waals surface area contributed by atoms with Gasteiger partial charge in [0, 0.05) is 10.4 Å². The number of benzene rings is 1. The highest BCUT2D eigenvalue weighted by Gasteiger charge is 2.10. The summed E-state index contributed by atoms with van der Waals surface area (Å²) in [6, 6.07) is 5.92. The molecule has 0 saturated heterocycles. The molecule has 0 heterocycles. The molecule has 1 unspecified atom stereocenters. The lowest BCUT2D eigenvalue weighted by molar-refractivity contribution is 0.408. The van der Waals surface area contributed by atoms with E-state index in [1.165, 1.54) is 0 Å². The maximum Gasteiger partial charge on any atom is 0.122 e. The van der Waals surface area contributed by atoms with Crippen molar-refractivity contribution >= 4 is 33.1 Å². The molecule has 0 saturated carbocycles. The van der Waals surface area contributed by atoms with Crippen molar-refractivity contribution in [2.75, 3.05) is 7.11 Å². The Morgan fingerprint density at radius 3 is 2.80 bits per heavy atom. The first-order valence-corrected chi connectivity index (χ1v) is 5.86. The average Bonchev–Trinajstić information content (AvgIpc) is 2.18. The lowest BCUT2D eigenvalue weighted by atomic mass is 10.0. The third-order valence-corrected chi connectivity index (χ3v) is 3.15. The van der Waals surface area contributed by atoms with Gasteiger partial charge in [-0.2, -0.15) is 0 Å². The van der Waals surface area contributed by atoms with E-state index >= 15 is 0 Å². The Morgan fingerprint density at radius 2 is 2.27 bits per heavy atom. The standard InChI is InChI=1S/C11H14BrNOS/c1-7(11(13)15)5-8-6-9(12)3-4-10(8)14-2/h3-4,6-7H,5H2,1-2H3,(H2,13,15). The van der Waals surface area contributed by atoms with E-state index in [9.17, 15) is 0 Å². The third kappa shape index (κ3) is 3.47. The quantitative estimate of drug-likeness (QED) is 0.865. The third-order valence-electron chi connectivity index (χ3n) is 2.25. The molecule has 1 atom stereocenters. The first-order valence-electron chi connectivity index (χ1n) is 4.66. The number of hydrogen-bond acceptors (Lipinski definition) is 2. The molecular formula is C11H14BrNOS. The highest BCUT2D eigenvalue weighted by molar-refractivity contribution is 9.10. The molecule has 0 radical (unpaired) electrons. The molecule has 1 aromatic carbocycles. The van der Waals surface area contributed by atoms with Crippen LogP contribution in [0.3, 0.4) is 0 Å². The molecule has 0 aliphatic heterocycles. The molecule has 15 heavy (non-hydrogen) atoms. The Kier molecular flexibility index (Phi) is 4.54. The van der Waals surface area contributed by atoms with Crippen molar-refractivity contribution in [2.24, 2.45) is 11.7 Å². The summed E-state index contributed by atoms with van der Waals surface area (Å²) >= 11 is 8.39. The summed E-state index contributed by atoms with van der Waals surface area (Å²) in [5.74, 6) is 1.06. The molecule has 1 rings (SSSR count). The molecule has 2 N–H and O–H groups in total. The monoisotopic (exact) mass is 287 g/mol. The van der Waals surface area contributed by atoms with Gasteiger partial charge in [-0.1, -0.05) is 35.1 Å². The Balaban J connectivity index is 2.91. The van der Waals surface area contributed by atoms with Crippen LogP contribution in [0.1, 0.15) is 12.5 Å². The minimum absolute atomic E-state index is 0.184. The average molecular weight is 288 g/mol. The van der Waals surface area contributed by atoms with Crippen LogP contribution in [-0.4, -0.2) is 12.1 Å². The summed E-state index contributed by atoms with van der Waals surface area (Å²) in [6.07, 6.45) is 0.804. The molecule has 0 fully saturated rings. The number of hydrogen-bond donors (Lipinski definition) is 1. The van der Waals surface area contributed by atoms with E-state index in [-0.39, 0.29) is 5.92 Å². The van der Waals surface area contributed by atoms with Crippen LogP contribution in [-0.2, 0) is 6.42 Å². The lowest BCUT2D eigenvalue weighted by Gasteiger charge is -2.13. The van der Waals surface area contributed by atoms with Gasteiger partial charge < -0.3 is 10.5 Å². The summed E-state index contributed by atoms with van der Waals surface area (Å²) in [5.41, 5.74) is 6.71. The van der Waals surface area contributed by atoms with Gasteiger partial charge >= 0.3 is 0 Å². The van der Waals surface area contributed by atoms with E-state index in [4.69, 9.17) is 22.7 Å². The number of rotatable bonds is 4. The minimum atomic E-state index is 0.184. The molecule has 0 aliphatic carbocycles. The van der Waals surface area contributed by atoms with E-state index in [0.717, 1.165) is 22.2 Å². The molecule has 82 valence electrons. The minimum Gasteiger partial charge on any atom is -0.496 e. The van der Waals surface area contributed by atoms with Crippen molar-refractivity contribution in [1.29, 1.82) is 0 Å². The van der Waals surface area contributed by atoms with Crippen LogP contribution < -0.4 is 10.5 Å². The fourth-order valence-corrected chi connectivity index (χ4v) is 1.83. The van der Waals surface area contributed by atoms with Gasteiger partial charge in [0.25, 0.3) is 0 Å². The Bertz CT molecular complexity index is 368. The molecule has 2 nitrogen and oxygen atoms in total. The van der Waals surface area contributed by atoms with Crippen molar-refractivity contribution in [3.63, 3.8) is 0 Å². The number of methoxy groups -OCH3 is 1. The van der Waals surface area contributed by atoms with Crippen LogP contribution in [0, 0.1) is 5.92 Å². The highest BCUT2D eigenvalue weighted by atomic mass is 79.9. The van der Waals surface area contributed by atoms with Crippen LogP contribution in [0.2, 0.25) is 0 Å². The van der Waals surface area contributed by atoms with Crippen molar-refractivity contribution in [3.05, 3.63) is 28.2 Å². The molecule has 4 heteroatoms. The summed E-state index contributed by atoms with van der Waals surface area (Å²) in [4.78, 5) is 0.539. The number of ether oxygens (including phenoxy) is 1. The van der Waals surface area contributed by atoms with Gasteiger partial charge in [0.1, 0.15) is 5.75 Å². The highest BCUT2D eigenvalue weighted by Crippen LogP contribution is 2.25. The summed E-state index contributed by atoms with van der Waals surface area (Å²) < 4.78 is 6.31. The number of thiocarbonyl (C=S) groups is 1. The molecule has 0 bridgehead atoms. The zero-order chi connectivity index (χ0) is 11.4. The van der Waals surface area contributed by atoms with Crippen molar-refractivity contribution in [1.82, 2.24) is 0 Å².